The molecule has 2 aliphatic rings. The molecule has 1 aromatic rings. The molecule has 0 bridgehead atoms. The van der Waals surface area contributed by atoms with Crippen molar-refractivity contribution < 1.29 is 17.9 Å². The zero-order valence-electron chi connectivity index (χ0n) is 17.4. The molecule has 7 heteroatoms. The van der Waals surface area contributed by atoms with E-state index in [2.05, 4.69) is 18.7 Å². The highest BCUT2D eigenvalue weighted by atomic mass is 32.2. The van der Waals surface area contributed by atoms with Crippen LogP contribution in [0.15, 0.2) is 29.2 Å². The van der Waals surface area contributed by atoms with Crippen molar-refractivity contribution in [1.82, 2.24) is 9.21 Å². The number of likely N-dealkylation sites (tertiary alicyclic amines) is 1. The van der Waals surface area contributed by atoms with Gasteiger partial charge in [0.1, 0.15) is 10.6 Å². The van der Waals surface area contributed by atoms with Gasteiger partial charge in [0.15, 0.2) is 0 Å². The van der Waals surface area contributed by atoms with E-state index in [9.17, 15) is 8.42 Å². The average molecular weight is 411 g/mol. The normalized spacial score (nSPS) is 22.4. The smallest absolute Gasteiger partial charge is 0.246 e. The minimum atomic E-state index is -3.61. The fourth-order valence-corrected chi connectivity index (χ4v) is 5.71. The van der Waals surface area contributed by atoms with Crippen LogP contribution in [0.4, 0.5) is 0 Å². The van der Waals surface area contributed by atoms with Gasteiger partial charge >= 0.3 is 0 Å². The predicted molar refractivity (Wildman–Crippen MR) is 110 cm³/mol. The fraction of sp³-hybridized carbons (Fsp3) is 0.714. The van der Waals surface area contributed by atoms with Crippen molar-refractivity contribution in [3.8, 4) is 5.75 Å². The maximum absolute atomic E-state index is 13.3. The highest BCUT2D eigenvalue weighted by molar-refractivity contribution is 7.89. The molecule has 0 aromatic heterocycles. The van der Waals surface area contributed by atoms with E-state index >= 15 is 0 Å². The predicted octanol–water partition coefficient (Wildman–Crippen LogP) is 2.84. The first-order valence-electron chi connectivity index (χ1n) is 10.3. The Morgan fingerprint density at radius 2 is 1.89 bits per heavy atom. The van der Waals surface area contributed by atoms with Crippen LogP contribution in [0.2, 0.25) is 0 Å². The third-order valence-corrected chi connectivity index (χ3v) is 7.88. The maximum atomic E-state index is 13.3. The second-order valence-electron chi connectivity index (χ2n) is 8.59. The van der Waals surface area contributed by atoms with Crippen molar-refractivity contribution >= 4 is 10.0 Å². The third kappa shape index (κ3) is 4.87. The fourth-order valence-electron chi connectivity index (χ4n) is 4.04. The molecule has 6 nitrogen and oxygen atoms in total. The van der Waals surface area contributed by atoms with E-state index in [0.717, 1.165) is 32.5 Å². The minimum Gasteiger partial charge on any atom is -0.492 e. The zero-order valence-corrected chi connectivity index (χ0v) is 18.2. The first-order chi connectivity index (χ1) is 13.4. The summed E-state index contributed by atoms with van der Waals surface area (Å²) in [4.78, 5) is 2.77. The second-order valence-corrected chi connectivity index (χ2v) is 10.5. The van der Waals surface area contributed by atoms with Gasteiger partial charge in [0.05, 0.1) is 13.2 Å². The number of para-hydroxylation sites is 1. The Labute approximate surface area is 169 Å². The summed E-state index contributed by atoms with van der Waals surface area (Å²) in [5, 5.41) is 0. The molecule has 0 aliphatic carbocycles. The first-order valence-corrected chi connectivity index (χ1v) is 11.7. The average Bonchev–Trinajstić information content (AvgIpc) is 2.68. The van der Waals surface area contributed by atoms with Gasteiger partial charge in [-0.05, 0) is 56.9 Å². The van der Waals surface area contributed by atoms with Gasteiger partial charge in [-0.3, -0.25) is 0 Å². The van der Waals surface area contributed by atoms with E-state index in [1.165, 1.54) is 6.42 Å². The molecular formula is C21H34N2O4S. The molecule has 1 aromatic carbocycles. The molecule has 28 heavy (non-hydrogen) atoms. The summed E-state index contributed by atoms with van der Waals surface area (Å²) in [6, 6.07) is 6.98. The van der Waals surface area contributed by atoms with E-state index in [0.29, 0.717) is 38.0 Å². The lowest BCUT2D eigenvalue weighted by molar-refractivity contribution is 0.0302. The molecular weight excluding hydrogens is 376 g/mol. The lowest BCUT2D eigenvalue weighted by atomic mass is 9.78. The number of rotatable bonds is 6. The molecule has 0 N–H and O–H groups in total. The highest BCUT2D eigenvalue weighted by Gasteiger charge is 2.42. The van der Waals surface area contributed by atoms with Crippen molar-refractivity contribution in [2.24, 2.45) is 11.3 Å². The van der Waals surface area contributed by atoms with Crippen molar-refractivity contribution in [1.29, 1.82) is 0 Å². The summed E-state index contributed by atoms with van der Waals surface area (Å²) >= 11 is 0. The second kappa shape index (κ2) is 9.11. The van der Waals surface area contributed by atoms with Crippen LogP contribution >= 0.6 is 0 Å². The van der Waals surface area contributed by atoms with Crippen LogP contribution < -0.4 is 4.74 Å². The quantitative estimate of drug-likeness (QED) is 0.722. The van der Waals surface area contributed by atoms with Crippen molar-refractivity contribution in [2.45, 2.75) is 38.0 Å². The standard InChI is InChI=1S/C21H34N2O4S/c1-18(2)8-11-22-12-9-21(10-13-22)16-23(14-15-26-3)28(24,25)20-7-5-4-6-19(20)27-17-21/h4-7,18H,8-17H2,1-3H3. The Morgan fingerprint density at radius 3 is 2.57 bits per heavy atom. The molecule has 0 amide bonds. The van der Waals surface area contributed by atoms with Gasteiger partial charge in [-0.15, -0.1) is 0 Å². The summed E-state index contributed by atoms with van der Waals surface area (Å²) in [5.74, 6) is 1.16. The number of sulfonamides is 1. The van der Waals surface area contributed by atoms with E-state index in [-0.39, 0.29) is 10.3 Å². The van der Waals surface area contributed by atoms with Crippen molar-refractivity contribution in [3.05, 3.63) is 24.3 Å². The first kappa shape index (κ1) is 21.6. The number of hydrogen-bond acceptors (Lipinski definition) is 5. The minimum absolute atomic E-state index is 0.150. The number of benzene rings is 1. The highest BCUT2D eigenvalue weighted by Crippen LogP contribution is 2.39. The van der Waals surface area contributed by atoms with Gasteiger partial charge in [-0.1, -0.05) is 26.0 Å². The number of nitrogens with zero attached hydrogens (tertiary/aromatic N) is 2. The maximum Gasteiger partial charge on any atom is 0.246 e. The lowest BCUT2D eigenvalue weighted by Crippen LogP contribution is -2.52. The Morgan fingerprint density at radius 1 is 1.18 bits per heavy atom. The van der Waals surface area contributed by atoms with Crippen LogP contribution in [0.3, 0.4) is 0 Å². The van der Waals surface area contributed by atoms with Crippen LogP contribution in [-0.4, -0.2) is 70.7 Å². The van der Waals surface area contributed by atoms with Gasteiger partial charge in [0.2, 0.25) is 10.0 Å². The molecule has 2 aliphatic heterocycles. The molecule has 1 spiro atoms. The molecule has 3 rings (SSSR count). The molecule has 0 unspecified atom stereocenters. The van der Waals surface area contributed by atoms with Crippen LogP contribution in [-0.2, 0) is 14.8 Å². The van der Waals surface area contributed by atoms with Crippen molar-refractivity contribution in [3.63, 3.8) is 0 Å². The number of ether oxygens (including phenoxy) is 2. The summed E-state index contributed by atoms with van der Waals surface area (Å²) in [6.07, 6.45) is 3.10. The van der Waals surface area contributed by atoms with Crippen LogP contribution in [0.1, 0.15) is 33.1 Å². The van der Waals surface area contributed by atoms with E-state index in [4.69, 9.17) is 9.47 Å². The van der Waals surface area contributed by atoms with Gasteiger partial charge in [-0.2, -0.15) is 4.31 Å². The van der Waals surface area contributed by atoms with Crippen molar-refractivity contribution in [2.75, 3.05) is 53.0 Å². The summed E-state index contributed by atoms with van der Waals surface area (Å²) in [7, 11) is -2.00. The molecule has 1 fully saturated rings. The van der Waals surface area contributed by atoms with Crippen LogP contribution in [0.25, 0.3) is 0 Å². The summed E-state index contributed by atoms with van der Waals surface area (Å²) < 4.78 is 39.6. The number of hydrogen-bond donors (Lipinski definition) is 0. The Bertz CT molecular complexity index is 743. The number of methoxy groups -OCH3 is 1. The van der Waals surface area contributed by atoms with E-state index < -0.39 is 10.0 Å². The van der Waals surface area contributed by atoms with E-state index in [1.54, 1.807) is 29.6 Å². The number of piperidine rings is 1. The third-order valence-electron chi connectivity index (χ3n) is 6.00. The van der Waals surface area contributed by atoms with Gasteiger partial charge in [0.25, 0.3) is 0 Å². The molecule has 0 atom stereocenters. The van der Waals surface area contributed by atoms with Crippen LogP contribution in [0.5, 0.6) is 5.75 Å². The monoisotopic (exact) mass is 410 g/mol. The largest absolute Gasteiger partial charge is 0.492 e. The SMILES string of the molecule is COCCN1CC2(CCN(CCC(C)C)CC2)COc2ccccc2S1(=O)=O. The molecule has 1 saturated heterocycles. The Kier molecular flexibility index (Phi) is 7.02. The summed E-state index contributed by atoms with van der Waals surface area (Å²) in [6.45, 7) is 9.42. The van der Waals surface area contributed by atoms with Gasteiger partial charge < -0.3 is 14.4 Å². The lowest BCUT2D eigenvalue weighted by Gasteiger charge is -2.45. The Balaban J connectivity index is 1.81. The Hall–Kier alpha value is -1.15. The number of fused-ring (bicyclic) bond motifs is 1. The molecule has 0 saturated carbocycles. The topological polar surface area (TPSA) is 59.1 Å². The zero-order chi connectivity index (χ0) is 20.2. The van der Waals surface area contributed by atoms with Gasteiger partial charge in [0, 0.05) is 25.6 Å². The summed E-state index contributed by atoms with van der Waals surface area (Å²) in [5.41, 5.74) is -0.150. The van der Waals surface area contributed by atoms with E-state index in [1.807, 2.05) is 6.07 Å². The van der Waals surface area contributed by atoms with Gasteiger partial charge in [-0.25, -0.2) is 8.42 Å². The molecule has 158 valence electrons. The van der Waals surface area contributed by atoms with Crippen LogP contribution in [0, 0.1) is 11.3 Å². The molecule has 0 radical (unpaired) electrons. The molecule has 2 heterocycles.